The van der Waals surface area contributed by atoms with Gasteiger partial charge in [-0.25, -0.2) is 19.7 Å². The van der Waals surface area contributed by atoms with Gasteiger partial charge in [0.05, 0.1) is 22.7 Å². The molecule has 0 atom stereocenters. The molecule has 3 heterocycles. The third kappa shape index (κ3) is 7.55. The zero-order chi connectivity index (χ0) is 30.7. The second kappa shape index (κ2) is 12.8. The molecule has 12 heteroatoms. The molecule has 1 saturated carbocycles. The van der Waals surface area contributed by atoms with Crippen LogP contribution >= 0.6 is 11.3 Å². The lowest BCUT2D eigenvalue weighted by Crippen LogP contribution is -2.50. The van der Waals surface area contributed by atoms with Gasteiger partial charge in [-0.05, 0) is 65.5 Å². The average molecular weight is 607 g/mol. The number of benzene rings is 1. The fourth-order valence-electron chi connectivity index (χ4n) is 5.06. The number of carbonyl (C=O) groups excluding carboxylic acids is 3. The molecule has 1 saturated heterocycles. The molecule has 2 aromatic heterocycles. The third-order valence-corrected chi connectivity index (χ3v) is 8.42. The second-order valence-electron chi connectivity index (χ2n) is 11.9. The Morgan fingerprint density at radius 1 is 1.00 bits per heavy atom. The molecule has 3 aromatic rings. The lowest BCUT2D eigenvalue weighted by molar-refractivity contribution is 0.0142. The van der Waals surface area contributed by atoms with Crippen LogP contribution in [0.4, 0.5) is 9.93 Å². The van der Waals surface area contributed by atoms with Crippen LogP contribution in [0.2, 0.25) is 0 Å². The van der Waals surface area contributed by atoms with Crippen LogP contribution in [0.3, 0.4) is 0 Å². The number of aryl methyl sites for hydroxylation is 1. The van der Waals surface area contributed by atoms with E-state index in [2.05, 4.69) is 20.3 Å². The molecular formula is C31H38N6O5S. The number of hydrogen-bond acceptors (Lipinski definition) is 9. The first-order chi connectivity index (χ1) is 20.5. The van der Waals surface area contributed by atoms with Crippen molar-refractivity contribution >= 4 is 34.4 Å². The van der Waals surface area contributed by atoms with E-state index in [0.717, 1.165) is 29.0 Å². The van der Waals surface area contributed by atoms with Crippen LogP contribution in [-0.2, 0) is 16.1 Å². The van der Waals surface area contributed by atoms with E-state index in [1.54, 1.807) is 48.7 Å². The average Bonchev–Trinajstić information content (AvgIpc) is 3.75. The monoisotopic (exact) mass is 606 g/mol. The number of thiazole rings is 1. The molecule has 3 amide bonds. The van der Waals surface area contributed by atoms with E-state index in [-0.39, 0.29) is 30.0 Å². The summed E-state index contributed by atoms with van der Waals surface area (Å²) in [4.78, 5) is 56.8. The number of amides is 3. The van der Waals surface area contributed by atoms with Crippen LogP contribution in [0.5, 0.6) is 0 Å². The molecule has 1 N–H and O–H groups in total. The molecule has 1 aromatic carbocycles. The summed E-state index contributed by atoms with van der Waals surface area (Å²) in [7, 11) is 1.62. The molecule has 11 nitrogen and oxygen atoms in total. The third-order valence-electron chi connectivity index (χ3n) is 7.38. The molecular weight excluding hydrogens is 568 g/mol. The number of ether oxygens (including phenoxy) is 2. The first-order valence-electron chi connectivity index (χ1n) is 14.5. The lowest BCUT2D eigenvalue weighted by Gasteiger charge is -2.39. The van der Waals surface area contributed by atoms with Crippen molar-refractivity contribution in [3.05, 3.63) is 58.4 Å². The maximum atomic E-state index is 13.6. The van der Waals surface area contributed by atoms with Gasteiger partial charge in [-0.1, -0.05) is 23.5 Å². The van der Waals surface area contributed by atoms with Gasteiger partial charge >= 0.3 is 6.09 Å². The number of nitrogens with zero attached hydrogens (tertiary/aromatic N) is 5. The smallest absolute Gasteiger partial charge is 0.410 e. The zero-order valence-corrected chi connectivity index (χ0v) is 26.1. The number of rotatable bonds is 8. The van der Waals surface area contributed by atoms with E-state index in [4.69, 9.17) is 9.47 Å². The number of anilines is 1. The number of aromatic nitrogens is 3. The van der Waals surface area contributed by atoms with E-state index in [0.29, 0.717) is 54.6 Å². The zero-order valence-electron chi connectivity index (χ0n) is 25.3. The highest BCUT2D eigenvalue weighted by molar-refractivity contribution is 7.15. The van der Waals surface area contributed by atoms with Gasteiger partial charge in [0.15, 0.2) is 11.0 Å². The molecule has 1 aliphatic heterocycles. The minimum absolute atomic E-state index is 0.0527. The maximum absolute atomic E-state index is 13.6. The van der Waals surface area contributed by atoms with E-state index in [9.17, 15) is 14.4 Å². The highest BCUT2D eigenvalue weighted by atomic mass is 32.1. The Hall–Kier alpha value is -3.90. The molecule has 2 aliphatic rings. The summed E-state index contributed by atoms with van der Waals surface area (Å²) < 4.78 is 10.7. The van der Waals surface area contributed by atoms with Gasteiger partial charge in [0, 0.05) is 55.8 Å². The van der Waals surface area contributed by atoms with Gasteiger partial charge in [0.25, 0.3) is 11.8 Å². The number of carbonyl (C=O) groups is 3. The predicted molar refractivity (Wildman–Crippen MR) is 163 cm³/mol. The Morgan fingerprint density at radius 3 is 2.21 bits per heavy atom. The lowest BCUT2D eigenvalue weighted by atomic mass is 10.0. The van der Waals surface area contributed by atoms with Gasteiger partial charge in [-0.3, -0.25) is 14.9 Å². The Balaban J connectivity index is 1.20. The van der Waals surface area contributed by atoms with Crippen molar-refractivity contribution < 1.29 is 23.9 Å². The predicted octanol–water partition coefficient (Wildman–Crippen LogP) is 5.31. The normalized spacial score (nSPS) is 15.7. The van der Waals surface area contributed by atoms with E-state index in [1.165, 1.54) is 11.3 Å². The largest absolute Gasteiger partial charge is 0.444 e. The van der Waals surface area contributed by atoms with Gasteiger partial charge in [-0.15, -0.1) is 0 Å². The molecule has 228 valence electrons. The number of piperidine rings is 1. The van der Waals surface area contributed by atoms with E-state index < -0.39 is 5.60 Å². The molecule has 0 radical (unpaired) electrons. The Bertz CT molecular complexity index is 1460. The first-order valence-corrected chi connectivity index (χ1v) is 15.3. The summed E-state index contributed by atoms with van der Waals surface area (Å²) >= 11 is 1.39. The summed E-state index contributed by atoms with van der Waals surface area (Å²) in [6, 6.07) is 7.25. The summed E-state index contributed by atoms with van der Waals surface area (Å²) in [5, 5.41) is 3.36. The molecule has 43 heavy (non-hydrogen) atoms. The van der Waals surface area contributed by atoms with E-state index >= 15 is 0 Å². The molecule has 0 unspecified atom stereocenters. The summed E-state index contributed by atoms with van der Waals surface area (Å²) in [6.45, 7) is 9.02. The van der Waals surface area contributed by atoms with Crippen molar-refractivity contribution in [1.29, 1.82) is 0 Å². The minimum Gasteiger partial charge on any atom is -0.444 e. The number of nitrogens with one attached hydrogen (secondary N) is 1. The molecule has 0 spiro atoms. The molecule has 1 aliphatic carbocycles. The van der Waals surface area contributed by atoms with Gasteiger partial charge in [0.2, 0.25) is 0 Å². The topological polar surface area (TPSA) is 127 Å². The SMILES string of the molecule is COCc1sc(NC(=O)c2ccc(-c3ncc(C(=O)N(C4CC4)C4CCN(C(=O)OC(C)(C)C)CC4)cn3)cc2)nc1C. The fourth-order valence-corrected chi connectivity index (χ4v) is 5.99. The number of likely N-dealkylation sites (tertiary alicyclic amines) is 1. The van der Waals surface area contributed by atoms with Gasteiger partial charge in [0.1, 0.15) is 5.60 Å². The highest BCUT2D eigenvalue weighted by Crippen LogP contribution is 2.33. The van der Waals surface area contributed by atoms with Crippen LogP contribution in [-0.4, -0.2) is 80.5 Å². The Morgan fingerprint density at radius 2 is 1.63 bits per heavy atom. The summed E-state index contributed by atoms with van der Waals surface area (Å²) in [5.41, 5.74) is 1.95. The van der Waals surface area contributed by atoms with Crippen molar-refractivity contribution in [1.82, 2.24) is 24.8 Å². The van der Waals surface area contributed by atoms with Crippen LogP contribution in [0.15, 0.2) is 36.7 Å². The van der Waals surface area contributed by atoms with Crippen LogP contribution in [0, 0.1) is 6.92 Å². The van der Waals surface area contributed by atoms with Gasteiger partial charge < -0.3 is 19.3 Å². The summed E-state index contributed by atoms with van der Waals surface area (Å²) in [5.74, 6) is 0.123. The molecule has 0 bridgehead atoms. The van der Waals surface area contributed by atoms with Crippen molar-refractivity contribution in [3.8, 4) is 11.4 Å². The molecule has 5 rings (SSSR count). The van der Waals surface area contributed by atoms with Crippen LogP contribution in [0.25, 0.3) is 11.4 Å². The van der Waals surface area contributed by atoms with Crippen LogP contribution in [0.1, 0.15) is 77.7 Å². The standard InChI is InChI=1S/C31H38N6O5S/c1-19-25(18-41-5)43-29(34-19)35-27(38)21-8-6-20(7-9-21)26-32-16-22(17-33-26)28(39)37(23-10-11-23)24-12-14-36(15-13-24)30(40)42-31(2,3)4/h6-9,16-17,23-24H,10-15,18H2,1-5H3,(H,34,35,38). The van der Waals surface area contributed by atoms with Crippen molar-refractivity contribution in [2.24, 2.45) is 0 Å². The van der Waals surface area contributed by atoms with Crippen LogP contribution < -0.4 is 5.32 Å². The Labute approximate surface area is 255 Å². The Kier molecular flexibility index (Phi) is 9.07. The number of methoxy groups -OCH3 is 1. The van der Waals surface area contributed by atoms with E-state index in [1.807, 2.05) is 32.6 Å². The van der Waals surface area contributed by atoms with Crippen molar-refractivity contribution in [2.75, 3.05) is 25.5 Å². The molecule has 2 fully saturated rings. The quantitative estimate of drug-likeness (QED) is 0.366. The maximum Gasteiger partial charge on any atom is 0.410 e. The van der Waals surface area contributed by atoms with Crippen molar-refractivity contribution in [2.45, 2.75) is 77.7 Å². The summed E-state index contributed by atoms with van der Waals surface area (Å²) in [6.07, 6.45) is 6.20. The van der Waals surface area contributed by atoms with Gasteiger partial charge in [-0.2, -0.15) is 0 Å². The highest BCUT2D eigenvalue weighted by Gasteiger charge is 2.40. The fraction of sp³-hybridized carbons (Fsp3) is 0.484. The second-order valence-corrected chi connectivity index (χ2v) is 13.0. The minimum atomic E-state index is -0.539. The number of hydrogen-bond donors (Lipinski definition) is 1. The van der Waals surface area contributed by atoms with Crippen molar-refractivity contribution in [3.63, 3.8) is 0 Å². The first kappa shape index (κ1) is 30.6.